The molecule has 1 aliphatic heterocycles. The maximum Gasteiger partial charge on any atom is 0.210 e. The van der Waals surface area contributed by atoms with Crippen molar-refractivity contribution in [3.8, 4) is 0 Å². The van der Waals surface area contributed by atoms with E-state index in [0.717, 1.165) is 36.0 Å². The van der Waals surface area contributed by atoms with Crippen molar-refractivity contribution in [3.63, 3.8) is 0 Å². The van der Waals surface area contributed by atoms with Gasteiger partial charge in [0.05, 0.1) is 6.04 Å². The van der Waals surface area contributed by atoms with E-state index in [2.05, 4.69) is 4.98 Å². The molecule has 1 N–H and O–H groups in total. The molecule has 0 spiro atoms. The van der Waals surface area contributed by atoms with E-state index in [4.69, 9.17) is 12.2 Å². The van der Waals surface area contributed by atoms with Crippen molar-refractivity contribution in [3.05, 3.63) is 28.5 Å². The van der Waals surface area contributed by atoms with Gasteiger partial charge in [-0.15, -0.1) is 0 Å². The summed E-state index contributed by atoms with van der Waals surface area (Å²) in [6, 6.07) is 4.09. The highest BCUT2D eigenvalue weighted by Gasteiger charge is 2.24. The summed E-state index contributed by atoms with van der Waals surface area (Å²) in [4.78, 5) is 15.6. The van der Waals surface area contributed by atoms with E-state index in [0.29, 0.717) is 0 Å². The Morgan fingerprint density at radius 1 is 1.57 bits per heavy atom. The number of rotatable bonds is 2. The molecule has 0 aliphatic carbocycles. The van der Waals surface area contributed by atoms with Crippen molar-refractivity contribution in [2.24, 2.45) is 0 Å². The van der Waals surface area contributed by atoms with E-state index in [1.54, 1.807) is 0 Å². The SMILES string of the molecule is O=CN1CCC[C@H]1c1ccc(=S)[nH]c1. The second-order valence-electron chi connectivity index (χ2n) is 3.49. The maximum absolute atomic E-state index is 10.8. The number of hydrogen-bond acceptors (Lipinski definition) is 2. The number of H-pyrrole nitrogens is 1. The van der Waals surface area contributed by atoms with Crippen LogP contribution >= 0.6 is 12.2 Å². The van der Waals surface area contributed by atoms with Crippen molar-refractivity contribution in [2.45, 2.75) is 18.9 Å². The number of hydrogen-bond donors (Lipinski definition) is 1. The molecule has 0 bridgehead atoms. The Hall–Kier alpha value is -1.16. The lowest BCUT2D eigenvalue weighted by Crippen LogP contribution is -2.21. The van der Waals surface area contributed by atoms with Crippen LogP contribution in [0.2, 0.25) is 0 Å². The topological polar surface area (TPSA) is 36.1 Å². The highest BCUT2D eigenvalue weighted by Crippen LogP contribution is 2.29. The van der Waals surface area contributed by atoms with Gasteiger partial charge < -0.3 is 9.88 Å². The highest BCUT2D eigenvalue weighted by molar-refractivity contribution is 7.71. The second kappa shape index (κ2) is 3.92. The molecule has 1 aromatic heterocycles. The minimum Gasteiger partial charge on any atom is -0.353 e. The van der Waals surface area contributed by atoms with E-state index < -0.39 is 0 Å². The lowest BCUT2D eigenvalue weighted by molar-refractivity contribution is -0.118. The molecule has 0 unspecified atom stereocenters. The van der Waals surface area contributed by atoms with Gasteiger partial charge in [0.15, 0.2) is 0 Å². The van der Waals surface area contributed by atoms with E-state index in [-0.39, 0.29) is 6.04 Å². The molecular weight excluding hydrogens is 196 g/mol. The molecular formula is C10H12N2OS. The lowest BCUT2D eigenvalue weighted by atomic mass is 10.1. The Balaban J connectivity index is 2.25. The molecule has 1 amide bonds. The van der Waals surface area contributed by atoms with Gasteiger partial charge in [0, 0.05) is 12.7 Å². The summed E-state index contributed by atoms with van der Waals surface area (Å²) in [7, 11) is 0. The zero-order valence-electron chi connectivity index (χ0n) is 7.77. The minimum atomic E-state index is 0.236. The molecule has 74 valence electrons. The predicted molar refractivity (Wildman–Crippen MR) is 56.4 cm³/mol. The Bertz CT molecular complexity index is 367. The van der Waals surface area contributed by atoms with Crippen LogP contribution in [0.1, 0.15) is 24.4 Å². The van der Waals surface area contributed by atoms with Gasteiger partial charge in [0.25, 0.3) is 0 Å². The van der Waals surface area contributed by atoms with E-state index in [1.165, 1.54) is 0 Å². The van der Waals surface area contributed by atoms with Gasteiger partial charge in [0.1, 0.15) is 4.64 Å². The molecule has 3 nitrogen and oxygen atoms in total. The monoisotopic (exact) mass is 208 g/mol. The fourth-order valence-corrected chi connectivity index (χ4v) is 2.03. The van der Waals surface area contributed by atoms with Crippen LogP contribution in [0.15, 0.2) is 18.3 Å². The largest absolute Gasteiger partial charge is 0.353 e. The number of nitrogens with one attached hydrogen (secondary N) is 1. The summed E-state index contributed by atoms with van der Waals surface area (Å²) in [5.74, 6) is 0. The molecule has 1 aromatic rings. The zero-order chi connectivity index (χ0) is 9.97. The van der Waals surface area contributed by atoms with Crippen molar-refractivity contribution in [2.75, 3.05) is 6.54 Å². The molecule has 1 saturated heterocycles. The molecule has 1 fully saturated rings. The predicted octanol–water partition coefficient (Wildman–Crippen LogP) is 2.04. The highest BCUT2D eigenvalue weighted by atomic mass is 32.1. The molecule has 14 heavy (non-hydrogen) atoms. The van der Waals surface area contributed by atoms with Crippen LogP contribution < -0.4 is 0 Å². The Morgan fingerprint density at radius 3 is 3.07 bits per heavy atom. The van der Waals surface area contributed by atoms with Gasteiger partial charge in [-0.2, -0.15) is 0 Å². The molecule has 1 atom stereocenters. The molecule has 4 heteroatoms. The van der Waals surface area contributed by atoms with Gasteiger partial charge in [-0.1, -0.05) is 18.3 Å². The third-order valence-corrected chi connectivity index (χ3v) is 2.88. The smallest absolute Gasteiger partial charge is 0.210 e. The number of aromatic amines is 1. The van der Waals surface area contributed by atoms with Gasteiger partial charge in [-0.3, -0.25) is 4.79 Å². The van der Waals surface area contributed by atoms with Crippen LogP contribution in [0, 0.1) is 4.64 Å². The lowest BCUT2D eigenvalue weighted by Gasteiger charge is -2.19. The van der Waals surface area contributed by atoms with E-state index in [9.17, 15) is 4.79 Å². The van der Waals surface area contributed by atoms with Crippen molar-refractivity contribution < 1.29 is 4.79 Å². The van der Waals surface area contributed by atoms with Gasteiger partial charge in [-0.05, 0) is 24.5 Å². The van der Waals surface area contributed by atoms with Gasteiger partial charge in [-0.25, -0.2) is 0 Å². The van der Waals surface area contributed by atoms with Crippen LogP contribution in [-0.4, -0.2) is 22.8 Å². The summed E-state index contributed by atoms with van der Waals surface area (Å²) >= 11 is 4.97. The van der Waals surface area contributed by atoms with E-state index >= 15 is 0 Å². The molecule has 2 heterocycles. The number of carbonyl (C=O) groups is 1. The summed E-state index contributed by atoms with van der Waals surface area (Å²) in [6.45, 7) is 0.865. The summed E-state index contributed by atoms with van der Waals surface area (Å²) in [6.07, 6.45) is 4.95. The fourth-order valence-electron chi connectivity index (χ4n) is 1.90. The molecule has 2 rings (SSSR count). The Morgan fingerprint density at radius 2 is 2.43 bits per heavy atom. The number of carbonyl (C=O) groups excluding carboxylic acids is 1. The van der Waals surface area contributed by atoms with Crippen LogP contribution in [0.25, 0.3) is 0 Å². The van der Waals surface area contributed by atoms with Crippen LogP contribution in [0.3, 0.4) is 0 Å². The average molecular weight is 208 g/mol. The maximum atomic E-state index is 10.8. The van der Waals surface area contributed by atoms with Crippen LogP contribution in [-0.2, 0) is 4.79 Å². The summed E-state index contributed by atoms with van der Waals surface area (Å²) in [5.41, 5.74) is 1.14. The molecule has 1 aliphatic rings. The second-order valence-corrected chi connectivity index (χ2v) is 3.93. The number of amides is 1. The number of aromatic nitrogens is 1. The van der Waals surface area contributed by atoms with Crippen molar-refractivity contribution in [1.29, 1.82) is 0 Å². The first-order valence-electron chi connectivity index (χ1n) is 4.71. The zero-order valence-corrected chi connectivity index (χ0v) is 8.59. The van der Waals surface area contributed by atoms with Crippen molar-refractivity contribution >= 4 is 18.6 Å². The first-order valence-corrected chi connectivity index (χ1v) is 5.12. The standard InChI is InChI=1S/C10H12N2OS/c13-7-12-5-1-2-9(12)8-3-4-10(14)11-6-8/h3-4,6-7,9H,1-2,5H2,(H,11,14)/t9-/m0/s1. The molecule has 0 radical (unpaired) electrons. The van der Waals surface area contributed by atoms with Crippen LogP contribution in [0.5, 0.6) is 0 Å². The number of nitrogens with zero attached hydrogens (tertiary/aromatic N) is 1. The molecule has 0 saturated carbocycles. The van der Waals surface area contributed by atoms with E-state index in [1.807, 2.05) is 23.2 Å². The first kappa shape index (κ1) is 9.40. The van der Waals surface area contributed by atoms with Gasteiger partial charge in [0.2, 0.25) is 6.41 Å². The molecule has 0 aromatic carbocycles. The Kier molecular flexibility index (Phi) is 2.63. The normalized spacial score (nSPS) is 21.1. The minimum absolute atomic E-state index is 0.236. The third kappa shape index (κ3) is 1.70. The van der Waals surface area contributed by atoms with Crippen LogP contribution in [0.4, 0.5) is 0 Å². The summed E-state index contributed by atoms with van der Waals surface area (Å²) in [5, 5.41) is 0. The number of likely N-dealkylation sites (tertiary alicyclic amines) is 1. The van der Waals surface area contributed by atoms with Crippen molar-refractivity contribution in [1.82, 2.24) is 9.88 Å². The van der Waals surface area contributed by atoms with Gasteiger partial charge >= 0.3 is 0 Å². The average Bonchev–Trinajstić information content (AvgIpc) is 2.67. The quantitative estimate of drug-likeness (QED) is 0.596. The first-order chi connectivity index (χ1) is 6.81. The summed E-state index contributed by atoms with van der Waals surface area (Å²) < 4.78 is 0.726. The Labute approximate surface area is 87.8 Å². The number of pyridine rings is 1. The fraction of sp³-hybridized carbons (Fsp3) is 0.400. The third-order valence-electron chi connectivity index (χ3n) is 2.62.